The third-order valence-electron chi connectivity index (χ3n) is 4.07. The summed E-state index contributed by atoms with van der Waals surface area (Å²) in [6.45, 7) is 3.75. The third-order valence-corrected chi connectivity index (χ3v) is 4.69. The van der Waals surface area contributed by atoms with Crippen molar-refractivity contribution in [1.82, 2.24) is 0 Å². The number of hydrogen-bond donors (Lipinski definition) is 1. The van der Waals surface area contributed by atoms with Crippen molar-refractivity contribution in [3.8, 4) is 5.75 Å². The van der Waals surface area contributed by atoms with E-state index < -0.39 is 0 Å². The lowest BCUT2D eigenvalue weighted by molar-refractivity contribution is -0.121. The Morgan fingerprint density at radius 1 is 1.32 bits per heavy atom. The molecule has 2 aromatic carbocycles. The minimum Gasteiger partial charge on any atom is -0.483 e. The molecule has 0 aromatic heterocycles. The van der Waals surface area contributed by atoms with Gasteiger partial charge in [0.1, 0.15) is 5.75 Å². The van der Waals surface area contributed by atoms with E-state index in [4.69, 9.17) is 4.74 Å². The van der Waals surface area contributed by atoms with Gasteiger partial charge in [-0.2, -0.15) is 0 Å². The molecule has 1 N–H and O–H groups in total. The highest BCUT2D eigenvalue weighted by Gasteiger charge is 2.29. The van der Waals surface area contributed by atoms with Crippen LogP contribution in [0.4, 0.5) is 11.4 Å². The number of aryl methyl sites for hydroxylation is 1. The highest BCUT2D eigenvalue weighted by atomic mass is 79.9. The van der Waals surface area contributed by atoms with Crippen LogP contribution < -0.4 is 15.0 Å². The zero-order valence-electron chi connectivity index (χ0n) is 14.1. The smallest absolute Gasteiger partial charge is 0.265 e. The Hall–Kier alpha value is -2.34. The molecular formula is C19H19BrN2O3. The SMILES string of the molecule is Cc1ccc(OCC(=O)N2c3ccccc3NC(=O)CC2C)c(Br)c1. The number of nitrogens with one attached hydrogen (secondary N) is 1. The molecule has 1 aliphatic rings. The van der Waals surface area contributed by atoms with Crippen molar-refractivity contribution >= 4 is 39.1 Å². The number of nitrogens with zero attached hydrogens (tertiary/aromatic N) is 1. The second-order valence-electron chi connectivity index (χ2n) is 6.10. The molecule has 1 atom stereocenters. The van der Waals surface area contributed by atoms with Gasteiger partial charge in [-0.15, -0.1) is 0 Å². The van der Waals surface area contributed by atoms with Gasteiger partial charge in [0.2, 0.25) is 5.91 Å². The van der Waals surface area contributed by atoms with Crippen molar-refractivity contribution in [3.63, 3.8) is 0 Å². The number of hydrogen-bond acceptors (Lipinski definition) is 3. The Balaban J connectivity index is 1.81. The monoisotopic (exact) mass is 402 g/mol. The Kier molecular flexibility index (Phi) is 5.08. The van der Waals surface area contributed by atoms with Crippen LogP contribution in [0.1, 0.15) is 18.9 Å². The molecule has 0 saturated carbocycles. The summed E-state index contributed by atoms with van der Waals surface area (Å²) in [7, 11) is 0. The van der Waals surface area contributed by atoms with E-state index in [9.17, 15) is 9.59 Å². The molecule has 0 fully saturated rings. The van der Waals surface area contributed by atoms with E-state index in [0.717, 1.165) is 10.0 Å². The van der Waals surface area contributed by atoms with E-state index in [-0.39, 0.29) is 30.9 Å². The summed E-state index contributed by atoms with van der Waals surface area (Å²) < 4.78 is 6.50. The zero-order valence-corrected chi connectivity index (χ0v) is 15.7. The van der Waals surface area contributed by atoms with Crippen LogP contribution in [0.2, 0.25) is 0 Å². The van der Waals surface area contributed by atoms with Gasteiger partial charge < -0.3 is 15.0 Å². The topological polar surface area (TPSA) is 58.6 Å². The number of halogens is 1. The first-order chi connectivity index (χ1) is 12.0. The Bertz CT molecular complexity index is 822. The van der Waals surface area contributed by atoms with Crippen molar-refractivity contribution in [1.29, 1.82) is 0 Å². The van der Waals surface area contributed by atoms with Crippen molar-refractivity contribution in [2.45, 2.75) is 26.3 Å². The van der Waals surface area contributed by atoms with Gasteiger partial charge in [0.15, 0.2) is 6.61 Å². The maximum atomic E-state index is 12.8. The lowest BCUT2D eigenvalue weighted by Crippen LogP contribution is -2.41. The number of para-hydroxylation sites is 2. The lowest BCUT2D eigenvalue weighted by Gasteiger charge is -2.27. The van der Waals surface area contributed by atoms with Gasteiger partial charge in [-0.1, -0.05) is 18.2 Å². The first kappa shape index (κ1) is 17.5. The molecule has 2 amide bonds. The molecule has 1 aliphatic heterocycles. The van der Waals surface area contributed by atoms with Crippen LogP contribution in [-0.4, -0.2) is 24.5 Å². The average Bonchev–Trinajstić information content (AvgIpc) is 2.68. The predicted octanol–water partition coefficient (Wildman–Crippen LogP) is 3.90. The number of carbonyl (C=O) groups excluding carboxylic acids is 2. The molecule has 3 rings (SSSR count). The molecule has 0 bridgehead atoms. The molecule has 0 aliphatic carbocycles. The van der Waals surface area contributed by atoms with Crippen molar-refractivity contribution in [2.75, 3.05) is 16.8 Å². The minimum absolute atomic E-state index is 0.0996. The zero-order chi connectivity index (χ0) is 18.0. The van der Waals surface area contributed by atoms with Gasteiger partial charge in [0, 0.05) is 12.5 Å². The van der Waals surface area contributed by atoms with Gasteiger partial charge in [0.05, 0.1) is 15.8 Å². The number of amides is 2. The summed E-state index contributed by atoms with van der Waals surface area (Å²) in [5.41, 5.74) is 2.43. The minimum atomic E-state index is -0.249. The Morgan fingerprint density at radius 2 is 2.08 bits per heavy atom. The second-order valence-corrected chi connectivity index (χ2v) is 6.96. The summed E-state index contributed by atoms with van der Waals surface area (Å²) >= 11 is 3.45. The van der Waals surface area contributed by atoms with E-state index in [0.29, 0.717) is 17.1 Å². The van der Waals surface area contributed by atoms with E-state index in [1.165, 1.54) is 0 Å². The summed E-state index contributed by atoms with van der Waals surface area (Å²) in [5.74, 6) is 0.324. The third kappa shape index (κ3) is 3.85. The normalized spacial score (nSPS) is 16.7. The molecule has 1 unspecified atom stereocenters. The van der Waals surface area contributed by atoms with Crippen LogP contribution in [0.15, 0.2) is 46.9 Å². The van der Waals surface area contributed by atoms with Crippen molar-refractivity contribution < 1.29 is 14.3 Å². The molecule has 130 valence electrons. The van der Waals surface area contributed by atoms with Gasteiger partial charge in [-0.3, -0.25) is 9.59 Å². The average molecular weight is 403 g/mol. The molecule has 1 heterocycles. The number of rotatable bonds is 3. The maximum Gasteiger partial charge on any atom is 0.265 e. The van der Waals surface area contributed by atoms with Gasteiger partial charge >= 0.3 is 0 Å². The molecule has 5 nitrogen and oxygen atoms in total. The summed E-state index contributed by atoms with van der Waals surface area (Å²) in [6, 6.07) is 12.8. The largest absolute Gasteiger partial charge is 0.483 e. The van der Waals surface area contributed by atoms with Crippen LogP contribution in [0.5, 0.6) is 5.75 Å². The Labute approximate surface area is 155 Å². The highest BCUT2D eigenvalue weighted by Crippen LogP contribution is 2.32. The predicted molar refractivity (Wildman–Crippen MR) is 101 cm³/mol. The summed E-state index contributed by atoms with van der Waals surface area (Å²) in [6.07, 6.45) is 0.245. The maximum absolute atomic E-state index is 12.8. The van der Waals surface area contributed by atoms with E-state index >= 15 is 0 Å². The number of benzene rings is 2. The fourth-order valence-corrected chi connectivity index (χ4v) is 3.51. The van der Waals surface area contributed by atoms with Crippen LogP contribution in [0.3, 0.4) is 0 Å². The lowest BCUT2D eigenvalue weighted by atomic mass is 10.1. The molecule has 2 aromatic rings. The van der Waals surface area contributed by atoms with Crippen LogP contribution in [0.25, 0.3) is 0 Å². The number of carbonyl (C=O) groups is 2. The molecule has 25 heavy (non-hydrogen) atoms. The standard InChI is InChI=1S/C19H19BrN2O3/c1-12-7-8-17(14(20)9-12)25-11-19(24)22-13(2)10-18(23)21-15-5-3-4-6-16(15)22/h3-9,13H,10-11H2,1-2H3,(H,21,23). The van der Waals surface area contributed by atoms with E-state index in [2.05, 4.69) is 21.2 Å². The van der Waals surface area contributed by atoms with Crippen LogP contribution >= 0.6 is 15.9 Å². The number of anilines is 2. The van der Waals surface area contributed by atoms with Crippen LogP contribution in [-0.2, 0) is 9.59 Å². The first-order valence-electron chi connectivity index (χ1n) is 8.05. The van der Waals surface area contributed by atoms with Crippen LogP contribution in [0, 0.1) is 6.92 Å². The van der Waals surface area contributed by atoms with Gasteiger partial charge in [-0.05, 0) is 59.6 Å². The van der Waals surface area contributed by atoms with Crippen molar-refractivity contribution in [3.05, 3.63) is 52.5 Å². The second kappa shape index (κ2) is 7.27. The van der Waals surface area contributed by atoms with E-state index in [1.807, 2.05) is 50.2 Å². The quantitative estimate of drug-likeness (QED) is 0.846. The molecule has 0 radical (unpaired) electrons. The number of ether oxygens (including phenoxy) is 1. The Morgan fingerprint density at radius 3 is 2.84 bits per heavy atom. The molecular weight excluding hydrogens is 384 g/mol. The van der Waals surface area contributed by atoms with E-state index in [1.54, 1.807) is 11.0 Å². The molecule has 0 saturated heterocycles. The highest BCUT2D eigenvalue weighted by molar-refractivity contribution is 9.10. The summed E-state index contributed by atoms with van der Waals surface area (Å²) in [4.78, 5) is 26.5. The first-order valence-corrected chi connectivity index (χ1v) is 8.85. The number of fused-ring (bicyclic) bond motifs is 1. The summed E-state index contributed by atoms with van der Waals surface area (Å²) in [5, 5.41) is 2.85. The molecule has 6 heteroatoms. The van der Waals surface area contributed by atoms with Gasteiger partial charge in [-0.25, -0.2) is 0 Å². The molecule has 0 spiro atoms. The fraction of sp³-hybridized carbons (Fsp3) is 0.263. The van der Waals surface area contributed by atoms with Gasteiger partial charge in [0.25, 0.3) is 5.91 Å². The fourth-order valence-electron chi connectivity index (χ4n) is 2.90. The van der Waals surface area contributed by atoms with Crippen molar-refractivity contribution in [2.24, 2.45) is 0 Å².